The van der Waals surface area contributed by atoms with Gasteiger partial charge in [-0.3, -0.25) is 9.78 Å². The van der Waals surface area contributed by atoms with Crippen molar-refractivity contribution in [3.8, 4) is 0 Å². The predicted octanol–water partition coefficient (Wildman–Crippen LogP) is 2.33. The number of carbonyl (C=O) groups excluding carboxylic acids is 1. The summed E-state index contributed by atoms with van der Waals surface area (Å²) < 4.78 is 0.960. The van der Waals surface area contributed by atoms with Gasteiger partial charge in [-0.05, 0) is 53.7 Å². The molecule has 5 heteroatoms. The second-order valence-electron chi connectivity index (χ2n) is 5.00. The van der Waals surface area contributed by atoms with Crippen LogP contribution in [0.5, 0.6) is 0 Å². The van der Waals surface area contributed by atoms with E-state index in [2.05, 4.69) is 26.2 Å². The van der Waals surface area contributed by atoms with Gasteiger partial charge in [0.05, 0.1) is 6.04 Å². The van der Waals surface area contributed by atoms with Gasteiger partial charge in [0.1, 0.15) is 0 Å². The monoisotopic (exact) mass is 325 g/mol. The zero-order valence-corrected chi connectivity index (χ0v) is 12.8. The molecule has 0 aromatic carbocycles. The second kappa shape index (κ2) is 7.01. The van der Waals surface area contributed by atoms with Crippen molar-refractivity contribution in [1.82, 2.24) is 15.2 Å². The third-order valence-electron chi connectivity index (χ3n) is 3.41. The molecule has 1 unspecified atom stereocenters. The highest BCUT2D eigenvalue weighted by molar-refractivity contribution is 9.10. The highest BCUT2D eigenvalue weighted by Crippen LogP contribution is 2.11. The number of amides is 1. The van der Waals surface area contributed by atoms with Crippen molar-refractivity contribution < 1.29 is 4.79 Å². The van der Waals surface area contributed by atoms with Crippen LogP contribution in [0.4, 0.5) is 0 Å². The summed E-state index contributed by atoms with van der Waals surface area (Å²) >= 11 is 3.40. The van der Waals surface area contributed by atoms with Crippen LogP contribution in [0.25, 0.3) is 0 Å². The SMILES string of the molecule is CC(NCc1cncc(Br)c1)C(=O)N1CCCCC1. The summed E-state index contributed by atoms with van der Waals surface area (Å²) in [5, 5.41) is 3.27. The van der Waals surface area contributed by atoms with E-state index >= 15 is 0 Å². The highest BCUT2D eigenvalue weighted by atomic mass is 79.9. The van der Waals surface area contributed by atoms with Crippen LogP contribution in [-0.4, -0.2) is 34.9 Å². The van der Waals surface area contributed by atoms with E-state index in [1.807, 2.05) is 24.1 Å². The maximum absolute atomic E-state index is 12.2. The van der Waals surface area contributed by atoms with Crippen molar-refractivity contribution >= 4 is 21.8 Å². The number of likely N-dealkylation sites (tertiary alicyclic amines) is 1. The van der Waals surface area contributed by atoms with Crippen LogP contribution in [0, 0.1) is 0 Å². The minimum Gasteiger partial charge on any atom is -0.341 e. The van der Waals surface area contributed by atoms with Gasteiger partial charge in [-0.15, -0.1) is 0 Å². The number of nitrogens with zero attached hydrogens (tertiary/aromatic N) is 2. The molecular formula is C14H20BrN3O. The van der Waals surface area contributed by atoms with E-state index in [1.165, 1.54) is 6.42 Å². The lowest BCUT2D eigenvalue weighted by Crippen LogP contribution is -2.46. The smallest absolute Gasteiger partial charge is 0.239 e. The Bertz CT molecular complexity index is 432. The van der Waals surface area contributed by atoms with Crippen LogP contribution < -0.4 is 5.32 Å². The molecule has 1 N–H and O–H groups in total. The Hall–Kier alpha value is -0.940. The molecule has 0 saturated carbocycles. The molecule has 1 atom stereocenters. The van der Waals surface area contributed by atoms with Crippen LogP contribution in [0.2, 0.25) is 0 Å². The lowest BCUT2D eigenvalue weighted by molar-refractivity contribution is -0.133. The van der Waals surface area contributed by atoms with E-state index < -0.39 is 0 Å². The zero-order chi connectivity index (χ0) is 13.7. The van der Waals surface area contributed by atoms with Crippen molar-refractivity contribution in [2.75, 3.05) is 13.1 Å². The zero-order valence-electron chi connectivity index (χ0n) is 11.2. The van der Waals surface area contributed by atoms with Crippen LogP contribution >= 0.6 is 15.9 Å². The summed E-state index contributed by atoms with van der Waals surface area (Å²) in [7, 11) is 0. The molecule has 0 radical (unpaired) electrons. The molecule has 104 valence electrons. The molecule has 19 heavy (non-hydrogen) atoms. The van der Waals surface area contributed by atoms with Gasteiger partial charge in [-0.25, -0.2) is 0 Å². The number of carbonyl (C=O) groups is 1. The van der Waals surface area contributed by atoms with Gasteiger partial charge in [0.15, 0.2) is 0 Å². The first-order valence-corrected chi connectivity index (χ1v) is 7.58. The second-order valence-corrected chi connectivity index (χ2v) is 5.92. The molecule has 2 heterocycles. The first-order chi connectivity index (χ1) is 9.16. The summed E-state index contributed by atoms with van der Waals surface area (Å²) in [6.07, 6.45) is 7.08. The first-order valence-electron chi connectivity index (χ1n) is 6.78. The van der Waals surface area contributed by atoms with E-state index in [1.54, 1.807) is 6.20 Å². The number of hydrogen-bond donors (Lipinski definition) is 1. The third-order valence-corrected chi connectivity index (χ3v) is 3.85. The van der Waals surface area contributed by atoms with Gasteiger partial charge in [-0.1, -0.05) is 0 Å². The van der Waals surface area contributed by atoms with Crippen molar-refractivity contribution in [2.24, 2.45) is 0 Å². The topological polar surface area (TPSA) is 45.2 Å². The molecule has 1 aliphatic heterocycles. The standard InChI is InChI=1S/C14H20BrN3O/c1-11(14(19)18-5-3-2-4-6-18)17-9-12-7-13(15)10-16-8-12/h7-8,10-11,17H,2-6,9H2,1H3. The molecular weight excluding hydrogens is 306 g/mol. The van der Waals surface area contributed by atoms with Gasteiger partial charge in [0.25, 0.3) is 0 Å². The number of hydrogen-bond acceptors (Lipinski definition) is 3. The first kappa shape index (κ1) is 14.5. The molecule has 0 bridgehead atoms. The van der Waals surface area contributed by atoms with Gasteiger partial charge in [-0.2, -0.15) is 0 Å². The summed E-state index contributed by atoms with van der Waals surface area (Å²) in [6.45, 7) is 4.40. The van der Waals surface area contributed by atoms with Crippen LogP contribution in [0.15, 0.2) is 22.9 Å². The largest absolute Gasteiger partial charge is 0.341 e. The fraction of sp³-hybridized carbons (Fsp3) is 0.571. The van der Waals surface area contributed by atoms with E-state index in [4.69, 9.17) is 0 Å². The Balaban J connectivity index is 1.83. The fourth-order valence-electron chi connectivity index (χ4n) is 2.30. The summed E-state index contributed by atoms with van der Waals surface area (Å²) in [6, 6.07) is 1.87. The Labute approximate surface area is 122 Å². The van der Waals surface area contributed by atoms with Crippen molar-refractivity contribution in [2.45, 2.75) is 38.8 Å². The van der Waals surface area contributed by atoms with E-state index in [0.717, 1.165) is 36.0 Å². The van der Waals surface area contributed by atoms with E-state index in [9.17, 15) is 4.79 Å². The van der Waals surface area contributed by atoms with Gasteiger partial charge >= 0.3 is 0 Å². The molecule has 0 spiro atoms. The minimum atomic E-state index is -0.142. The number of piperidine rings is 1. The molecule has 1 amide bonds. The maximum atomic E-state index is 12.2. The molecule has 1 aliphatic rings. The van der Waals surface area contributed by atoms with Crippen molar-refractivity contribution in [1.29, 1.82) is 0 Å². The number of rotatable bonds is 4. The Morgan fingerprint density at radius 3 is 2.84 bits per heavy atom. The number of nitrogens with one attached hydrogen (secondary N) is 1. The Morgan fingerprint density at radius 2 is 2.16 bits per heavy atom. The maximum Gasteiger partial charge on any atom is 0.239 e. The average molecular weight is 326 g/mol. The summed E-state index contributed by atoms with van der Waals surface area (Å²) in [5.74, 6) is 0.211. The molecule has 2 rings (SSSR count). The number of pyridine rings is 1. The number of halogens is 1. The highest BCUT2D eigenvalue weighted by Gasteiger charge is 2.21. The van der Waals surface area contributed by atoms with E-state index in [-0.39, 0.29) is 11.9 Å². The van der Waals surface area contributed by atoms with Gasteiger partial charge < -0.3 is 10.2 Å². The Morgan fingerprint density at radius 1 is 1.42 bits per heavy atom. The average Bonchev–Trinajstić information content (AvgIpc) is 2.45. The lowest BCUT2D eigenvalue weighted by atomic mass is 10.1. The molecule has 0 aliphatic carbocycles. The number of aromatic nitrogens is 1. The van der Waals surface area contributed by atoms with Crippen molar-refractivity contribution in [3.05, 3.63) is 28.5 Å². The quantitative estimate of drug-likeness (QED) is 0.924. The molecule has 1 fully saturated rings. The predicted molar refractivity (Wildman–Crippen MR) is 78.7 cm³/mol. The lowest BCUT2D eigenvalue weighted by Gasteiger charge is -2.29. The third kappa shape index (κ3) is 4.28. The van der Waals surface area contributed by atoms with Crippen molar-refractivity contribution in [3.63, 3.8) is 0 Å². The van der Waals surface area contributed by atoms with Crippen LogP contribution in [0.1, 0.15) is 31.7 Å². The van der Waals surface area contributed by atoms with E-state index in [0.29, 0.717) is 6.54 Å². The normalized spacial score (nSPS) is 17.3. The molecule has 1 saturated heterocycles. The molecule has 1 aromatic heterocycles. The Kier molecular flexibility index (Phi) is 5.34. The van der Waals surface area contributed by atoms with Gasteiger partial charge in [0.2, 0.25) is 5.91 Å². The summed E-state index contributed by atoms with van der Waals surface area (Å²) in [5.41, 5.74) is 1.08. The van der Waals surface area contributed by atoms with Gasteiger partial charge in [0, 0.05) is 36.5 Å². The summed E-state index contributed by atoms with van der Waals surface area (Å²) in [4.78, 5) is 18.3. The fourth-order valence-corrected chi connectivity index (χ4v) is 2.71. The minimum absolute atomic E-state index is 0.142. The molecule has 4 nitrogen and oxygen atoms in total. The molecule has 1 aromatic rings. The van der Waals surface area contributed by atoms with Crippen LogP contribution in [0.3, 0.4) is 0 Å². The van der Waals surface area contributed by atoms with Crippen LogP contribution in [-0.2, 0) is 11.3 Å².